The maximum absolute atomic E-state index is 13.2. The zero-order valence-corrected chi connectivity index (χ0v) is 9.19. The average molecular weight is 266 g/mol. The molecule has 0 fully saturated rings. The minimum Gasteiger partial charge on any atom is -0.312 e. The fourth-order valence-corrected chi connectivity index (χ4v) is 1.71. The van der Waals surface area contributed by atoms with Crippen LogP contribution in [-0.4, -0.2) is 19.7 Å². The Morgan fingerprint density at radius 2 is 1.84 bits per heavy atom. The van der Waals surface area contributed by atoms with Gasteiger partial charge in [-0.1, -0.05) is 0 Å². The van der Waals surface area contributed by atoms with Gasteiger partial charge in [-0.25, -0.2) is 22.8 Å². The summed E-state index contributed by atoms with van der Waals surface area (Å²) in [5, 5.41) is 3.98. The van der Waals surface area contributed by atoms with E-state index in [9.17, 15) is 18.0 Å². The van der Waals surface area contributed by atoms with Gasteiger partial charge in [0, 0.05) is 12.1 Å². The quantitative estimate of drug-likeness (QED) is 0.679. The lowest BCUT2D eigenvalue weighted by Gasteiger charge is -2.04. The SMILES string of the molecule is O=c1[nH]cnc2c1cnn2-c1cc(F)c(F)c(F)c1. The number of hydrogen-bond acceptors (Lipinski definition) is 3. The summed E-state index contributed by atoms with van der Waals surface area (Å²) in [5.41, 5.74) is -0.377. The van der Waals surface area contributed by atoms with Crippen molar-refractivity contribution in [2.45, 2.75) is 0 Å². The third-order valence-corrected chi connectivity index (χ3v) is 2.58. The second kappa shape index (κ2) is 3.94. The standard InChI is InChI=1S/C11H5F3N4O/c12-7-1-5(2-8(13)9(7)14)18-10-6(3-17-18)11(19)16-4-15-10/h1-4H,(H,15,16,19). The van der Waals surface area contributed by atoms with Crippen molar-refractivity contribution >= 4 is 11.0 Å². The Kier molecular flexibility index (Phi) is 2.37. The Morgan fingerprint density at radius 3 is 2.53 bits per heavy atom. The molecule has 0 radical (unpaired) electrons. The van der Waals surface area contributed by atoms with Crippen LogP contribution in [0.15, 0.2) is 29.5 Å². The number of benzene rings is 1. The molecule has 0 atom stereocenters. The molecule has 2 aromatic heterocycles. The Balaban J connectivity index is 2.31. The van der Waals surface area contributed by atoms with E-state index in [0.717, 1.165) is 23.1 Å². The van der Waals surface area contributed by atoms with Crippen molar-refractivity contribution in [3.8, 4) is 5.69 Å². The van der Waals surface area contributed by atoms with Crippen molar-refractivity contribution in [3.63, 3.8) is 0 Å². The van der Waals surface area contributed by atoms with Crippen LogP contribution in [0.1, 0.15) is 0 Å². The van der Waals surface area contributed by atoms with Gasteiger partial charge in [-0.3, -0.25) is 4.79 Å². The molecular formula is C11H5F3N4O. The van der Waals surface area contributed by atoms with Crippen LogP contribution >= 0.6 is 0 Å². The van der Waals surface area contributed by atoms with E-state index in [2.05, 4.69) is 15.1 Å². The van der Waals surface area contributed by atoms with Crippen molar-refractivity contribution < 1.29 is 13.2 Å². The predicted molar refractivity (Wildman–Crippen MR) is 59.4 cm³/mol. The summed E-state index contributed by atoms with van der Waals surface area (Å²) in [5.74, 6) is -4.25. The molecule has 96 valence electrons. The fraction of sp³-hybridized carbons (Fsp3) is 0. The number of H-pyrrole nitrogens is 1. The van der Waals surface area contributed by atoms with Crippen LogP contribution in [0.2, 0.25) is 0 Å². The van der Waals surface area contributed by atoms with Crippen LogP contribution < -0.4 is 5.56 Å². The number of aromatic amines is 1. The Bertz CT molecular complexity index is 816. The third-order valence-electron chi connectivity index (χ3n) is 2.58. The lowest BCUT2D eigenvalue weighted by molar-refractivity contribution is 0.446. The van der Waals surface area contributed by atoms with Crippen molar-refractivity contribution in [3.05, 3.63) is 52.5 Å². The van der Waals surface area contributed by atoms with E-state index in [1.165, 1.54) is 6.20 Å². The van der Waals surface area contributed by atoms with Crippen LogP contribution in [-0.2, 0) is 0 Å². The molecule has 19 heavy (non-hydrogen) atoms. The molecule has 2 heterocycles. The van der Waals surface area contributed by atoms with Crippen LogP contribution in [0.25, 0.3) is 16.7 Å². The number of aromatic nitrogens is 4. The van der Waals surface area contributed by atoms with Crippen molar-refractivity contribution in [2.75, 3.05) is 0 Å². The fourth-order valence-electron chi connectivity index (χ4n) is 1.71. The summed E-state index contributed by atoms with van der Waals surface area (Å²) in [6.07, 6.45) is 2.35. The largest absolute Gasteiger partial charge is 0.312 e. The van der Waals surface area contributed by atoms with Gasteiger partial charge in [0.15, 0.2) is 23.1 Å². The van der Waals surface area contributed by atoms with Crippen LogP contribution in [0.3, 0.4) is 0 Å². The molecule has 0 aliphatic heterocycles. The second-order valence-electron chi connectivity index (χ2n) is 3.75. The monoisotopic (exact) mass is 266 g/mol. The number of nitrogens with one attached hydrogen (secondary N) is 1. The zero-order valence-electron chi connectivity index (χ0n) is 9.19. The number of halogens is 3. The molecule has 0 bridgehead atoms. The molecule has 0 spiro atoms. The van der Waals surface area contributed by atoms with Crippen molar-refractivity contribution in [1.82, 2.24) is 19.7 Å². The van der Waals surface area contributed by atoms with E-state index >= 15 is 0 Å². The first-order valence-electron chi connectivity index (χ1n) is 5.14. The smallest absolute Gasteiger partial charge is 0.261 e. The van der Waals surface area contributed by atoms with E-state index in [0.29, 0.717) is 0 Å². The Morgan fingerprint density at radius 1 is 1.16 bits per heavy atom. The van der Waals surface area contributed by atoms with Crippen LogP contribution in [0, 0.1) is 17.5 Å². The Labute approximate surface area is 103 Å². The van der Waals surface area contributed by atoms with E-state index in [-0.39, 0.29) is 16.7 Å². The molecule has 0 saturated carbocycles. The lowest BCUT2D eigenvalue weighted by atomic mass is 10.3. The maximum Gasteiger partial charge on any atom is 0.261 e. The molecule has 0 aliphatic carbocycles. The highest BCUT2D eigenvalue weighted by molar-refractivity contribution is 5.74. The van der Waals surface area contributed by atoms with Gasteiger partial charge in [0.1, 0.15) is 5.39 Å². The minimum absolute atomic E-state index is 0.0653. The van der Waals surface area contributed by atoms with Crippen LogP contribution in [0.5, 0.6) is 0 Å². The molecule has 0 unspecified atom stereocenters. The lowest BCUT2D eigenvalue weighted by Crippen LogP contribution is -2.07. The summed E-state index contributed by atoms with van der Waals surface area (Å²) in [7, 11) is 0. The van der Waals surface area contributed by atoms with E-state index in [4.69, 9.17) is 0 Å². The van der Waals surface area contributed by atoms with Crippen molar-refractivity contribution in [2.24, 2.45) is 0 Å². The molecular weight excluding hydrogens is 261 g/mol. The zero-order chi connectivity index (χ0) is 13.6. The molecule has 0 saturated heterocycles. The molecule has 0 amide bonds. The topological polar surface area (TPSA) is 63.6 Å². The van der Waals surface area contributed by atoms with Gasteiger partial charge in [0.25, 0.3) is 5.56 Å². The Hall–Kier alpha value is -2.64. The summed E-state index contributed by atoms with van der Waals surface area (Å²) in [6, 6.07) is 1.54. The van der Waals surface area contributed by atoms with Crippen LogP contribution in [0.4, 0.5) is 13.2 Å². The molecule has 8 heteroatoms. The summed E-state index contributed by atoms with van der Waals surface area (Å²) in [4.78, 5) is 17.7. The van der Waals surface area contributed by atoms with Crippen molar-refractivity contribution in [1.29, 1.82) is 0 Å². The minimum atomic E-state index is -1.56. The van der Waals surface area contributed by atoms with E-state index < -0.39 is 23.0 Å². The van der Waals surface area contributed by atoms with Gasteiger partial charge in [-0.2, -0.15) is 5.10 Å². The predicted octanol–water partition coefficient (Wildman–Crippen LogP) is 1.53. The molecule has 0 aliphatic rings. The van der Waals surface area contributed by atoms with E-state index in [1.807, 2.05) is 0 Å². The van der Waals surface area contributed by atoms with Gasteiger partial charge in [0.05, 0.1) is 18.2 Å². The van der Waals surface area contributed by atoms with Gasteiger partial charge < -0.3 is 4.98 Å². The number of rotatable bonds is 1. The first-order valence-corrected chi connectivity index (χ1v) is 5.14. The summed E-state index contributed by atoms with van der Waals surface area (Å²) >= 11 is 0. The van der Waals surface area contributed by atoms with Gasteiger partial charge in [-0.05, 0) is 0 Å². The normalized spacial score (nSPS) is 11.1. The average Bonchev–Trinajstić information content (AvgIpc) is 2.80. The number of hydrogen-bond donors (Lipinski definition) is 1. The molecule has 3 aromatic rings. The summed E-state index contributed by atoms with van der Waals surface area (Å²) in [6.45, 7) is 0. The second-order valence-corrected chi connectivity index (χ2v) is 3.75. The molecule has 1 aromatic carbocycles. The van der Waals surface area contributed by atoms with Gasteiger partial charge in [0.2, 0.25) is 0 Å². The number of fused-ring (bicyclic) bond motifs is 1. The summed E-state index contributed by atoms with van der Waals surface area (Å²) < 4.78 is 40.3. The maximum atomic E-state index is 13.2. The van der Waals surface area contributed by atoms with E-state index in [1.54, 1.807) is 0 Å². The highest BCUT2D eigenvalue weighted by Crippen LogP contribution is 2.18. The molecule has 1 N–H and O–H groups in total. The third kappa shape index (κ3) is 1.68. The van der Waals surface area contributed by atoms with Gasteiger partial charge in [-0.15, -0.1) is 0 Å². The first kappa shape index (κ1) is 11.5. The first-order chi connectivity index (χ1) is 9.08. The molecule has 5 nitrogen and oxygen atoms in total. The highest BCUT2D eigenvalue weighted by atomic mass is 19.2. The molecule has 3 rings (SSSR count). The van der Waals surface area contributed by atoms with Gasteiger partial charge >= 0.3 is 0 Å². The highest BCUT2D eigenvalue weighted by Gasteiger charge is 2.14. The number of nitrogens with zero attached hydrogens (tertiary/aromatic N) is 3.